The molecule has 13 heavy (non-hydrogen) atoms. The van der Waals surface area contributed by atoms with Crippen LogP contribution in [0.15, 0.2) is 22.9 Å². The molecule has 3 nitrogen and oxygen atoms in total. The Hall–Kier alpha value is -1.10. The summed E-state index contributed by atoms with van der Waals surface area (Å²) >= 11 is 3.18. The number of ether oxygens (including phenoxy) is 1. The van der Waals surface area contributed by atoms with E-state index in [4.69, 9.17) is 4.74 Å². The molecule has 0 saturated carbocycles. The second-order valence-corrected chi connectivity index (χ2v) is 3.44. The lowest BCUT2D eigenvalue weighted by Gasteiger charge is -1.94. The summed E-state index contributed by atoms with van der Waals surface area (Å²) in [6.45, 7) is 0. The van der Waals surface area contributed by atoms with Gasteiger partial charge in [0.2, 0.25) is 5.88 Å². The molecule has 0 radical (unpaired) electrons. The molecule has 0 atom stereocenters. The van der Waals surface area contributed by atoms with Crippen LogP contribution in [0.5, 0.6) is 5.88 Å². The Morgan fingerprint density at radius 1 is 1.54 bits per heavy atom. The number of fused-ring (bicyclic) bond motifs is 1. The van der Waals surface area contributed by atoms with E-state index in [9.17, 15) is 4.39 Å². The van der Waals surface area contributed by atoms with E-state index in [1.54, 1.807) is 16.8 Å². The zero-order valence-corrected chi connectivity index (χ0v) is 8.38. The van der Waals surface area contributed by atoms with E-state index >= 15 is 0 Å². The molecular weight excluding hydrogens is 239 g/mol. The number of hydrogen-bond donors (Lipinski definition) is 0. The Balaban J connectivity index is 2.75. The highest BCUT2D eigenvalue weighted by atomic mass is 79.9. The van der Waals surface area contributed by atoms with E-state index in [0.717, 1.165) is 0 Å². The molecule has 68 valence electrons. The van der Waals surface area contributed by atoms with Gasteiger partial charge in [0, 0.05) is 10.7 Å². The third kappa shape index (κ3) is 1.39. The minimum absolute atomic E-state index is 0.264. The first-order chi connectivity index (χ1) is 6.20. The third-order valence-electron chi connectivity index (χ3n) is 1.66. The number of pyridine rings is 1. The summed E-state index contributed by atoms with van der Waals surface area (Å²) < 4.78 is 20.3. The van der Waals surface area contributed by atoms with Gasteiger partial charge in [0.1, 0.15) is 0 Å². The largest absolute Gasteiger partial charge is 0.480 e. The normalized spacial score (nSPS) is 10.7. The van der Waals surface area contributed by atoms with Gasteiger partial charge in [-0.15, -0.1) is 0 Å². The van der Waals surface area contributed by atoms with Crippen LogP contribution in [-0.2, 0) is 0 Å². The summed E-state index contributed by atoms with van der Waals surface area (Å²) in [7, 11) is 1.49. The summed E-state index contributed by atoms with van der Waals surface area (Å²) in [5, 5.41) is 0. The van der Waals surface area contributed by atoms with Gasteiger partial charge in [-0.05, 0) is 22.0 Å². The van der Waals surface area contributed by atoms with Crippen molar-refractivity contribution >= 4 is 21.6 Å². The van der Waals surface area contributed by atoms with Crippen molar-refractivity contribution in [2.24, 2.45) is 0 Å². The number of rotatable bonds is 1. The van der Waals surface area contributed by atoms with E-state index in [-0.39, 0.29) is 11.5 Å². The van der Waals surface area contributed by atoms with Crippen LogP contribution in [0.3, 0.4) is 0 Å². The highest BCUT2D eigenvalue weighted by molar-refractivity contribution is 9.10. The second kappa shape index (κ2) is 2.99. The van der Waals surface area contributed by atoms with Crippen LogP contribution < -0.4 is 4.74 Å². The van der Waals surface area contributed by atoms with E-state index < -0.39 is 0 Å². The smallest absolute Gasteiger partial charge is 0.232 e. The standard InChI is InChI=1S/C8H6BrFN2O/c1-13-7-4-12-3-5(9)2-6(10)8(12)11-7/h2-4H,1H3. The molecule has 0 N–H and O–H groups in total. The molecule has 0 aliphatic heterocycles. The Labute approximate surface area is 82.3 Å². The van der Waals surface area contributed by atoms with Gasteiger partial charge in [0.25, 0.3) is 0 Å². The highest BCUT2D eigenvalue weighted by Gasteiger charge is 2.06. The van der Waals surface area contributed by atoms with E-state index in [1.165, 1.54) is 13.2 Å². The van der Waals surface area contributed by atoms with E-state index in [1.807, 2.05) is 0 Å². The Morgan fingerprint density at radius 2 is 2.31 bits per heavy atom. The zero-order valence-electron chi connectivity index (χ0n) is 6.79. The predicted molar refractivity (Wildman–Crippen MR) is 49.4 cm³/mol. The number of nitrogens with zero attached hydrogens (tertiary/aromatic N) is 2. The van der Waals surface area contributed by atoms with Crippen molar-refractivity contribution in [1.29, 1.82) is 0 Å². The van der Waals surface area contributed by atoms with Gasteiger partial charge >= 0.3 is 0 Å². The lowest BCUT2D eigenvalue weighted by Crippen LogP contribution is -1.87. The van der Waals surface area contributed by atoms with Crippen LogP contribution in [0, 0.1) is 5.82 Å². The fourth-order valence-electron chi connectivity index (χ4n) is 1.10. The molecule has 0 spiro atoms. The molecule has 2 heterocycles. The molecule has 2 aromatic heterocycles. The van der Waals surface area contributed by atoms with Crippen molar-refractivity contribution in [3.8, 4) is 5.88 Å². The summed E-state index contributed by atoms with van der Waals surface area (Å²) in [6, 6.07) is 1.36. The van der Waals surface area contributed by atoms with Crippen LogP contribution in [-0.4, -0.2) is 16.5 Å². The molecule has 0 aliphatic rings. The van der Waals surface area contributed by atoms with Gasteiger partial charge < -0.3 is 4.74 Å². The van der Waals surface area contributed by atoms with Crippen molar-refractivity contribution in [1.82, 2.24) is 9.38 Å². The SMILES string of the molecule is COc1cn2cc(Br)cc(F)c2n1. The number of imidazole rings is 1. The maximum absolute atomic E-state index is 13.2. The Morgan fingerprint density at radius 3 is 3.00 bits per heavy atom. The first-order valence-corrected chi connectivity index (χ1v) is 4.38. The molecule has 0 unspecified atom stereocenters. The number of aromatic nitrogens is 2. The second-order valence-electron chi connectivity index (χ2n) is 2.52. The number of halogens is 2. The summed E-state index contributed by atoms with van der Waals surface area (Å²) in [5.74, 6) is 0.0228. The maximum atomic E-state index is 13.2. The van der Waals surface area contributed by atoms with Gasteiger partial charge in [-0.3, -0.25) is 4.40 Å². The maximum Gasteiger partial charge on any atom is 0.232 e. The van der Waals surface area contributed by atoms with Crippen LogP contribution in [0.2, 0.25) is 0 Å². The van der Waals surface area contributed by atoms with Crippen molar-refractivity contribution < 1.29 is 9.13 Å². The molecule has 2 rings (SSSR count). The van der Waals surface area contributed by atoms with Gasteiger partial charge in [-0.1, -0.05) is 0 Å². The highest BCUT2D eigenvalue weighted by Crippen LogP contribution is 2.18. The Bertz CT molecular complexity index is 455. The quantitative estimate of drug-likeness (QED) is 0.770. The van der Waals surface area contributed by atoms with Crippen molar-refractivity contribution in [2.75, 3.05) is 7.11 Å². The van der Waals surface area contributed by atoms with E-state index in [0.29, 0.717) is 10.4 Å². The topological polar surface area (TPSA) is 26.5 Å². The first-order valence-electron chi connectivity index (χ1n) is 3.58. The average Bonchev–Trinajstić information content (AvgIpc) is 2.47. The summed E-state index contributed by atoms with van der Waals surface area (Å²) in [6.07, 6.45) is 3.33. The van der Waals surface area contributed by atoms with Crippen LogP contribution in [0.25, 0.3) is 5.65 Å². The minimum Gasteiger partial charge on any atom is -0.480 e. The monoisotopic (exact) mass is 244 g/mol. The molecule has 0 aromatic carbocycles. The molecule has 0 fully saturated rings. The number of hydrogen-bond acceptors (Lipinski definition) is 2. The van der Waals surface area contributed by atoms with Crippen LogP contribution >= 0.6 is 15.9 Å². The lowest BCUT2D eigenvalue weighted by atomic mass is 10.4. The number of methoxy groups -OCH3 is 1. The van der Waals surface area contributed by atoms with Crippen LogP contribution in [0.4, 0.5) is 4.39 Å². The van der Waals surface area contributed by atoms with Gasteiger partial charge in [0.15, 0.2) is 11.5 Å². The minimum atomic E-state index is -0.377. The summed E-state index contributed by atoms with van der Waals surface area (Å²) in [5.41, 5.74) is 0.264. The van der Waals surface area contributed by atoms with Crippen molar-refractivity contribution in [3.63, 3.8) is 0 Å². The predicted octanol–water partition coefficient (Wildman–Crippen LogP) is 2.24. The molecule has 0 aliphatic carbocycles. The molecule has 0 saturated heterocycles. The lowest BCUT2D eigenvalue weighted by molar-refractivity contribution is 0.400. The average molecular weight is 245 g/mol. The molecule has 0 bridgehead atoms. The van der Waals surface area contributed by atoms with Crippen LogP contribution in [0.1, 0.15) is 0 Å². The Kier molecular flexibility index (Phi) is 1.95. The van der Waals surface area contributed by atoms with Crippen molar-refractivity contribution in [2.45, 2.75) is 0 Å². The first kappa shape index (κ1) is 8.50. The molecular formula is C8H6BrFN2O. The van der Waals surface area contributed by atoms with E-state index in [2.05, 4.69) is 20.9 Å². The fourth-order valence-corrected chi connectivity index (χ4v) is 1.52. The molecule has 0 amide bonds. The third-order valence-corrected chi connectivity index (χ3v) is 2.09. The zero-order chi connectivity index (χ0) is 9.42. The van der Waals surface area contributed by atoms with Gasteiger partial charge in [-0.25, -0.2) is 4.39 Å². The molecule has 5 heteroatoms. The van der Waals surface area contributed by atoms with Crippen molar-refractivity contribution in [3.05, 3.63) is 28.7 Å². The fraction of sp³-hybridized carbons (Fsp3) is 0.125. The van der Waals surface area contributed by atoms with Gasteiger partial charge in [-0.2, -0.15) is 4.98 Å². The summed E-state index contributed by atoms with van der Waals surface area (Å²) in [4.78, 5) is 3.92. The molecule has 2 aromatic rings. The van der Waals surface area contributed by atoms with Gasteiger partial charge in [0.05, 0.1) is 13.3 Å².